The van der Waals surface area contributed by atoms with Gasteiger partial charge in [0.15, 0.2) is 0 Å². The van der Waals surface area contributed by atoms with E-state index in [2.05, 4.69) is 42.4 Å². The Kier molecular flexibility index (Phi) is 3.04. The predicted molar refractivity (Wildman–Crippen MR) is 64.3 cm³/mol. The van der Waals surface area contributed by atoms with E-state index in [1.165, 1.54) is 16.7 Å². The second kappa shape index (κ2) is 4.47. The Morgan fingerprint density at radius 1 is 1.12 bits per heavy atom. The topological polar surface area (TPSA) is 30.7 Å². The number of nitrogens with zero attached hydrogens (tertiary/aromatic N) is 3. The highest BCUT2D eigenvalue weighted by Gasteiger charge is 2.00. The van der Waals surface area contributed by atoms with Gasteiger partial charge in [-0.05, 0) is 43.4 Å². The lowest BCUT2D eigenvalue weighted by molar-refractivity contribution is 0.713. The second-order valence-electron chi connectivity index (χ2n) is 4.30. The van der Waals surface area contributed by atoms with E-state index in [1.54, 1.807) is 4.68 Å². The van der Waals surface area contributed by atoms with E-state index in [4.69, 9.17) is 0 Å². The molecule has 0 aliphatic rings. The lowest BCUT2D eigenvalue weighted by Gasteiger charge is -2.03. The largest absolute Gasteiger partial charge is 0.255 e. The van der Waals surface area contributed by atoms with Crippen LogP contribution in [0.1, 0.15) is 22.4 Å². The molecule has 0 atom stereocenters. The minimum absolute atomic E-state index is 0.955. The van der Waals surface area contributed by atoms with Crippen LogP contribution in [0.4, 0.5) is 0 Å². The first-order valence-corrected chi connectivity index (χ1v) is 5.56. The quantitative estimate of drug-likeness (QED) is 0.786. The maximum atomic E-state index is 4.08. The molecular weight excluding hydrogens is 198 g/mol. The molecule has 0 aliphatic heterocycles. The molecule has 0 fully saturated rings. The first kappa shape index (κ1) is 10.9. The summed E-state index contributed by atoms with van der Waals surface area (Å²) in [6, 6.07) is 6.63. The van der Waals surface area contributed by atoms with Crippen molar-refractivity contribution in [2.45, 2.75) is 26.7 Å². The van der Waals surface area contributed by atoms with E-state index in [-0.39, 0.29) is 0 Å². The van der Waals surface area contributed by atoms with E-state index >= 15 is 0 Å². The van der Waals surface area contributed by atoms with Crippen molar-refractivity contribution in [3.05, 3.63) is 46.8 Å². The molecule has 0 saturated heterocycles. The summed E-state index contributed by atoms with van der Waals surface area (Å²) in [6.07, 6.45) is 3.96. The van der Waals surface area contributed by atoms with Gasteiger partial charge in [-0.3, -0.25) is 4.68 Å². The summed E-state index contributed by atoms with van der Waals surface area (Å²) < 4.78 is 1.75. The third-order valence-electron chi connectivity index (χ3n) is 2.89. The predicted octanol–water partition coefficient (Wildman–Crippen LogP) is 2.22. The Labute approximate surface area is 96.1 Å². The summed E-state index contributed by atoms with van der Waals surface area (Å²) in [4.78, 5) is 0. The van der Waals surface area contributed by atoms with E-state index < -0.39 is 0 Å². The fraction of sp³-hybridized carbons (Fsp3) is 0.385. The molecule has 2 rings (SSSR count). The standard InChI is InChI=1S/C13H17N3/c1-10-4-5-12(8-11(10)2)6-7-13-9-16(3)15-14-13/h4-5,8-9H,6-7H2,1-3H3. The number of hydrogen-bond donors (Lipinski definition) is 0. The lowest BCUT2D eigenvalue weighted by atomic mass is 10.0. The first-order chi connectivity index (χ1) is 7.65. The van der Waals surface area contributed by atoms with Crippen LogP contribution in [0.3, 0.4) is 0 Å². The third-order valence-corrected chi connectivity index (χ3v) is 2.89. The van der Waals surface area contributed by atoms with Gasteiger partial charge in [0.2, 0.25) is 0 Å². The van der Waals surface area contributed by atoms with Crippen LogP contribution in [-0.4, -0.2) is 15.0 Å². The number of rotatable bonds is 3. The van der Waals surface area contributed by atoms with E-state index in [9.17, 15) is 0 Å². The zero-order valence-corrected chi connectivity index (χ0v) is 10.1. The minimum Gasteiger partial charge on any atom is -0.255 e. The van der Waals surface area contributed by atoms with Crippen LogP contribution < -0.4 is 0 Å². The number of hydrogen-bond acceptors (Lipinski definition) is 2. The Morgan fingerprint density at radius 2 is 1.94 bits per heavy atom. The molecule has 0 unspecified atom stereocenters. The molecule has 84 valence electrons. The maximum absolute atomic E-state index is 4.08. The van der Waals surface area contributed by atoms with E-state index in [0.29, 0.717) is 0 Å². The van der Waals surface area contributed by atoms with Gasteiger partial charge in [-0.25, -0.2) is 0 Å². The molecule has 0 radical (unpaired) electrons. The van der Waals surface area contributed by atoms with Crippen molar-refractivity contribution in [1.82, 2.24) is 15.0 Å². The average molecular weight is 215 g/mol. The second-order valence-corrected chi connectivity index (χ2v) is 4.30. The van der Waals surface area contributed by atoms with Crippen LogP contribution in [0.2, 0.25) is 0 Å². The number of aryl methyl sites for hydroxylation is 5. The molecule has 16 heavy (non-hydrogen) atoms. The molecule has 0 saturated carbocycles. The van der Waals surface area contributed by atoms with Crippen LogP contribution in [0.25, 0.3) is 0 Å². The van der Waals surface area contributed by atoms with Crippen molar-refractivity contribution in [3.63, 3.8) is 0 Å². The summed E-state index contributed by atoms with van der Waals surface area (Å²) >= 11 is 0. The lowest BCUT2D eigenvalue weighted by Crippen LogP contribution is -1.93. The van der Waals surface area contributed by atoms with Crippen LogP contribution in [0, 0.1) is 13.8 Å². The van der Waals surface area contributed by atoms with Crippen LogP contribution in [0.5, 0.6) is 0 Å². The average Bonchev–Trinajstić information content (AvgIpc) is 2.66. The first-order valence-electron chi connectivity index (χ1n) is 5.56. The van der Waals surface area contributed by atoms with Crippen molar-refractivity contribution in [1.29, 1.82) is 0 Å². The van der Waals surface area contributed by atoms with Crippen molar-refractivity contribution in [3.8, 4) is 0 Å². The smallest absolute Gasteiger partial charge is 0.0830 e. The van der Waals surface area contributed by atoms with Crippen LogP contribution in [-0.2, 0) is 19.9 Å². The van der Waals surface area contributed by atoms with Crippen LogP contribution in [0.15, 0.2) is 24.4 Å². The molecule has 0 N–H and O–H groups in total. The Bertz CT molecular complexity index is 486. The van der Waals surface area contributed by atoms with Crippen molar-refractivity contribution < 1.29 is 0 Å². The van der Waals surface area contributed by atoms with Gasteiger partial charge in [0.1, 0.15) is 0 Å². The fourth-order valence-corrected chi connectivity index (χ4v) is 1.74. The molecule has 2 aromatic rings. The van der Waals surface area contributed by atoms with Gasteiger partial charge in [-0.15, -0.1) is 5.10 Å². The van der Waals surface area contributed by atoms with Crippen LogP contribution >= 0.6 is 0 Å². The molecular formula is C13H17N3. The molecule has 3 heteroatoms. The molecule has 1 aromatic heterocycles. The van der Waals surface area contributed by atoms with Gasteiger partial charge in [0.05, 0.1) is 5.69 Å². The highest BCUT2D eigenvalue weighted by atomic mass is 15.4. The third kappa shape index (κ3) is 2.48. The molecule has 0 bridgehead atoms. The van der Waals surface area contributed by atoms with Gasteiger partial charge >= 0.3 is 0 Å². The summed E-state index contributed by atoms with van der Waals surface area (Å²) in [5.74, 6) is 0. The monoisotopic (exact) mass is 215 g/mol. The van der Waals surface area contributed by atoms with Gasteiger partial charge in [0, 0.05) is 13.2 Å². The zero-order valence-electron chi connectivity index (χ0n) is 10.1. The molecule has 0 amide bonds. The molecule has 0 spiro atoms. The van der Waals surface area contributed by atoms with Gasteiger partial charge < -0.3 is 0 Å². The Morgan fingerprint density at radius 3 is 2.56 bits per heavy atom. The van der Waals surface area contributed by atoms with Crippen molar-refractivity contribution in [2.24, 2.45) is 7.05 Å². The fourth-order valence-electron chi connectivity index (χ4n) is 1.74. The molecule has 3 nitrogen and oxygen atoms in total. The number of benzene rings is 1. The Balaban J connectivity index is 2.02. The molecule has 0 aliphatic carbocycles. The summed E-state index contributed by atoms with van der Waals surface area (Å²) in [7, 11) is 1.90. The van der Waals surface area contributed by atoms with Crippen molar-refractivity contribution in [2.75, 3.05) is 0 Å². The molecule has 1 heterocycles. The summed E-state index contributed by atoms with van der Waals surface area (Å²) in [5, 5.41) is 8.01. The van der Waals surface area contributed by atoms with E-state index in [1.807, 2.05) is 13.2 Å². The van der Waals surface area contributed by atoms with Gasteiger partial charge in [0.25, 0.3) is 0 Å². The zero-order chi connectivity index (χ0) is 11.5. The SMILES string of the molecule is Cc1ccc(CCc2cn(C)nn2)cc1C. The maximum Gasteiger partial charge on any atom is 0.0830 e. The van der Waals surface area contributed by atoms with Gasteiger partial charge in [-0.1, -0.05) is 23.4 Å². The minimum atomic E-state index is 0.955. The molecule has 1 aromatic carbocycles. The van der Waals surface area contributed by atoms with Gasteiger partial charge in [-0.2, -0.15) is 0 Å². The Hall–Kier alpha value is -1.64. The van der Waals surface area contributed by atoms with Crippen molar-refractivity contribution >= 4 is 0 Å². The summed E-state index contributed by atoms with van der Waals surface area (Å²) in [6.45, 7) is 4.29. The number of aromatic nitrogens is 3. The summed E-state index contributed by atoms with van der Waals surface area (Å²) in [5.41, 5.74) is 5.13. The highest BCUT2D eigenvalue weighted by Crippen LogP contribution is 2.11. The van der Waals surface area contributed by atoms with E-state index in [0.717, 1.165) is 18.5 Å². The normalized spacial score (nSPS) is 10.7. The highest BCUT2D eigenvalue weighted by molar-refractivity contribution is 5.30.